The monoisotopic (exact) mass is 230 g/mol. The summed E-state index contributed by atoms with van der Waals surface area (Å²) < 4.78 is 27.1. The van der Waals surface area contributed by atoms with E-state index < -0.39 is 11.6 Å². The van der Waals surface area contributed by atoms with Crippen molar-refractivity contribution in [3.63, 3.8) is 0 Å². The van der Waals surface area contributed by atoms with E-state index in [2.05, 4.69) is 0 Å². The Morgan fingerprint density at radius 3 is 2.25 bits per heavy atom. The maximum absolute atomic E-state index is 13.6. The number of aliphatic hydroxyl groups excluding tert-OH is 1. The lowest BCUT2D eigenvalue weighted by Crippen LogP contribution is -2.29. The van der Waals surface area contributed by atoms with Crippen LogP contribution in [-0.2, 0) is 0 Å². The fraction of sp³-hybridized carbons (Fsp3) is 0.455. The minimum absolute atomic E-state index is 0.0548. The molecule has 1 rings (SSSR count). The van der Waals surface area contributed by atoms with E-state index in [1.54, 1.807) is 0 Å². The molecule has 0 unspecified atom stereocenters. The standard InChI is InChI=1S/C11H16F2N2O/c1-2-3-15(4-5-16)11-9(12)6-8(14)7-10(11)13/h6-7,16H,2-5,14H2,1H3. The van der Waals surface area contributed by atoms with Gasteiger partial charge in [0.05, 0.1) is 6.61 Å². The lowest BCUT2D eigenvalue weighted by atomic mass is 10.2. The fourth-order valence-corrected chi connectivity index (χ4v) is 1.61. The molecule has 0 atom stereocenters. The molecule has 3 N–H and O–H groups in total. The third-order valence-corrected chi connectivity index (χ3v) is 2.22. The van der Waals surface area contributed by atoms with Crippen LogP contribution in [-0.4, -0.2) is 24.8 Å². The molecule has 3 nitrogen and oxygen atoms in total. The van der Waals surface area contributed by atoms with Crippen LogP contribution in [0.15, 0.2) is 12.1 Å². The first-order valence-electron chi connectivity index (χ1n) is 5.20. The second-order valence-electron chi connectivity index (χ2n) is 3.54. The zero-order chi connectivity index (χ0) is 12.1. The normalized spacial score (nSPS) is 10.5. The summed E-state index contributed by atoms with van der Waals surface area (Å²) in [5, 5.41) is 8.85. The molecule has 1 aromatic carbocycles. The molecular formula is C11H16F2N2O. The Morgan fingerprint density at radius 2 is 1.81 bits per heavy atom. The molecule has 0 aromatic heterocycles. The number of hydrogen-bond acceptors (Lipinski definition) is 3. The van der Waals surface area contributed by atoms with E-state index in [0.29, 0.717) is 6.54 Å². The molecule has 0 radical (unpaired) electrons. The van der Waals surface area contributed by atoms with E-state index in [0.717, 1.165) is 18.6 Å². The van der Waals surface area contributed by atoms with Crippen LogP contribution in [0, 0.1) is 11.6 Å². The topological polar surface area (TPSA) is 49.5 Å². The summed E-state index contributed by atoms with van der Waals surface area (Å²) in [4.78, 5) is 1.48. The van der Waals surface area contributed by atoms with Crippen molar-refractivity contribution in [1.29, 1.82) is 0 Å². The number of nitrogens with two attached hydrogens (primary N) is 1. The van der Waals surface area contributed by atoms with Gasteiger partial charge in [0.25, 0.3) is 0 Å². The van der Waals surface area contributed by atoms with Gasteiger partial charge in [-0.1, -0.05) is 6.92 Å². The number of nitrogens with zero attached hydrogens (tertiary/aromatic N) is 1. The summed E-state index contributed by atoms with van der Waals surface area (Å²) in [5.41, 5.74) is 5.26. The molecule has 5 heteroatoms. The molecule has 0 bridgehead atoms. The lowest BCUT2D eigenvalue weighted by molar-refractivity contribution is 0.301. The van der Waals surface area contributed by atoms with Crippen LogP contribution in [0.3, 0.4) is 0 Å². The number of nitrogen functional groups attached to an aromatic ring is 1. The quantitative estimate of drug-likeness (QED) is 0.758. The molecule has 1 aromatic rings. The zero-order valence-corrected chi connectivity index (χ0v) is 9.21. The first-order chi connectivity index (χ1) is 7.60. The van der Waals surface area contributed by atoms with Crippen molar-refractivity contribution in [3.8, 4) is 0 Å². The van der Waals surface area contributed by atoms with E-state index in [1.807, 2.05) is 6.92 Å². The van der Waals surface area contributed by atoms with Crippen molar-refractivity contribution in [3.05, 3.63) is 23.8 Å². The molecular weight excluding hydrogens is 214 g/mol. The Labute approximate surface area is 93.5 Å². The highest BCUT2D eigenvalue weighted by Gasteiger charge is 2.16. The number of benzene rings is 1. The summed E-state index contributed by atoms with van der Waals surface area (Å²) in [7, 11) is 0. The summed E-state index contributed by atoms with van der Waals surface area (Å²) >= 11 is 0. The largest absolute Gasteiger partial charge is 0.399 e. The SMILES string of the molecule is CCCN(CCO)c1c(F)cc(N)cc1F. The van der Waals surface area contributed by atoms with Crippen LogP contribution >= 0.6 is 0 Å². The molecule has 90 valence electrons. The van der Waals surface area contributed by atoms with Crippen LogP contribution in [0.25, 0.3) is 0 Å². The minimum atomic E-state index is -0.695. The Balaban J connectivity index is 3.07. The van der Waals surface area contributed by atoms with E-state index in [4.69, 9.17) is 10.8 Å². The number of aliphatic hydroxyl groups is 1. The molecule has 0 fully saturated rings. The van der Waals surface area contributed by atoms with Crippen molar-refractivity contribution in [1.82, 2.24) is 0 Å². The molecule has 0 heterocycles. The van der Waals surface area contributed by atoms with Crippen LogP contribution in [0.1, 0.15) is 13.3 Å². The first kappa shape index (κ1) is 12.7. The van der Waals surface area contributed by atoms with Crippen molar-refractivity contribution >= 4 is 11.4 Å². The molecule has 0 aliphatic rings. The Bertz CT molecular complexity index is 329. The van der Waals surface area contributed by atoms with Crippen molar-refractivity contribution in [2.75, 3.05) is 30.3 Å². The van der Waals surface area contributed by atoms with Gasteiger partial charge in [0.15, 0.2) is 11.6 Å². The molecule has 16 heavy (non-hydrogen) atoms. The highest BCUT2D eigenvalue weighted by atomic mass is 19.1. The average molecular weight is 230 g/mol. The Morgan fingerprint density at radius 1 is 1.25 bits per heavy atom. The van der Waals surface area contributed by atoms with Gasteiger partial charge in [0.2, 0.25) is 0 Å². The number of rotatable bonds is 5. The number of halogens is 2. The molecule has 0 aliphatic carbocycles. The zero-order valence-electron chi connectivity index (χ0n) is 9.21. The Kier molecular flexibility index (Phi) is 4.49. The number of hydrogen-bond donors (Lipinski definition) is 2. The highest BCUT2D eigenvalue weighted by molar-refractivity contribution is 5.55. The second-order valence-corrected chi connectivity index (χ2v) is 3.54. The number of anilines is 2. The first-order valence-corrected chi connectivity index (χ1v) is 5.20. The van der Waals surface area contributed by atoms with Gasteiger partial charge >= 0.3 is 0 Å². The summed E-state index contributed by atoms with van der Waals surface area (Å²) in [5.74, 6) is -1.39. The van der Waals surface area contributed by atoms with Gasteiger partial charge in [-0.05, 0) is 18.6 Å². The van der Waals surface area contributed by atoms with E-state index in [-0.39, 0.29) is 24.5 Å². The smallest absolute Gasteiger partial charge is 0.151 e. The third-order valence-electron chi connectivity index (χ3n) is 2.22. The van der Waals surface area contributed by atoms with Gasteiger partial charge in [-0.3, -0.25) is 0 Å². The predicted molar refractivity (Wildman–Crippen MR) is 60.4 cm³/mol. The minimum Gasteiger partial charge on any atom is -0.399 e. The maximum atomic E-state index is 13.6. The summed E-state index contributed by atoms with van der Waals surface area (Å²) in [6.45, 7) is 2.44. The van der Waals surface area contributed by atoms with Gasteiger partial charge in [-0.15, -0.1) is 0 Å². The second kappa shape index (κ2) is 5.65. The predicted octanol–water partition coefficient (Wildman–Crippen LogP) is 1.76. The molecule has 0 saturated heterocycles. The Hall–Kier alpha value is -1.36. The molecule has 0 saturated carbocycles. The average Bonchev–Trinajstić information content (AvgIpc) is 2.16. The molecule has 0 spiro atoms. The fourth-order valence-electron chi connectivity index (χ4n) is 1.61. The van der Waals surface area contributed by atoms with Crippen molar-refractivity contribution in [2.45, 2.75) is 13.3 Å². The van der Waals surface area contributed by atoms with Crippen LogP contribution < -0.4 is 10.6 Å². The van der Waals surface area contributed by atoms with Gasteiger partial charge in [-0.25, -0.2) is 8.78 Å². The van der Waals surface area contributed by atoms with E-state index in [1.165, 1.54) is 4.90 Å². The lowest BCUT2D eigenvalue weighted by Gasteiger charge is -2.24. The van der Waals surface area contributed by atoms with Gasteiger partial charge < -0.3 is 15.7 Å². The van der Waals surface area contributed by atoms with E-state index in [9.17, 15) is 8.78 Å². The molecule has 0 aliphatic heterocycles. The highest BCUT2D eigenvalue weighted by Crippen LogP contribution is 2.25. The van der Waals surface area contributed by atoms with Gasteiger partial charge in [-0.2, -0.15) is 0 Å². The van der Waals surface area contributed by atoms with Crippen LogP contribution in [0.5, 0.6) is 0 Å². The van der Waals surface area contributed by atoms with Gasteiger partial charge in [0, 0.05) is 18.8 Å². The van der Waals surface area contributed by atoms with Crippen molar-refractivity contribution in [2.24, 2.45) is 0 Å². The van der Waals surface area contributed by atoms with E-state index >= 15 is 0 Å². The van der Waals surface area contributed by atoms with Gasteiger partial charge in [0.1, 0.15) is 5.69 Å². The third kappa shape index (κ3) is 2.82. The molecule has 0 amide bonds. The van der Waals surface area contributed by atoms with Crippen LogP contribution in [0.2, 0.25) is 0 Å². The maximum Gasteiger partial charge on any atom is 0.151 e. The van der Waals surface area contributed by atoms with Crippen LogP contribution in [0.4, 0.5) is 20.2 Å². The summed E-state index contributed by atoms with van der Waals surface area (Å²) in [6, 6.07) is 2.16. The summed E-state index contributed by atoms with van der Waals surface area (Å²) in [6.07, 6.45) is 0.739. The van der Waals surface area contributed by atoms with Crippen molar-refractivity contribution < 1.29 is 13.9 Å².